The quantitative estimate of drug-likeness (QED) is 0.740. The number of ether oxygens (including phenoxy) is 1. The van der Waals surface area contributed by atoms with Crippen LogP contribution >= 0.6 is 0 Å². The van der Waals surface area contributed by atoms with Gasteiger partial charge in [0.1, 0.15) is 0 Å². The van der Waals surface area contributed by atoms with E-state index >= 15 is 0 Å². The summed E-state index contributed by atoms with van der Waals surface area (Å²) in [5, 5.41) is 0. The number of Topliss-reactive ketones (excluding diaryl/α,β-unsaturated/α-hetero) is 1. The Kier molecular flexibility index (Phi) is 3.99. The van der Waals surface area contributed by atoms with Crippen LogP contribution in [0.5, 0.6) is 5.75 Å². The number of ketones is 1. The Labute approximate surface area is 93.2 Å². The van der Waals surface area contributed by atoms with E-state index in [0.717, 1.165) is 12.1 Å². The molecule has 0 aliphatic carbocycles. The molecule has 0 amide bonds. The van der Waals surface area contributed by atoms with Gasteiger partial charge in [-0.2, -0.15) is 0 Å². The Morgan fingerprint density at radius 1 is 1.31 bits per heavy atom. The Morgan fingerprint density at radius 2 is 1.81 bits per heavy atom. The molecule has 0 saturated carbocycles. The lowest BCUT2D eigenvalue weighted by Gasteiger charge is -2.11. The van der Waals surface area contributed by atoms with E-state index in [4.69, 9.17) is 4.74 Å². The molecule has 0 aliphatic heterocycles. The lowest BCUT2D eigenvalue weighted by atomic mass is 10.1. The largest absolute Gasteiger partial charge is 0.487 e. The van der Waals surface area contributed by atoms with E-state index in [1.807, 2.05) is 13.8 Å². The normalized spacial score (nSPS) is 10.6. The second-order valence-corrected chi connectivity index (χ2v) is 4.03. The second kappa shape index (κ2) is 5.05. The van der Waals surface area contributed by atoms with Crippen LogP contribution in [0.3, 0.4) is 0 Å². The molecule has 1 aromatic rings. The van der Waals surface area contributed by atoms with Crippen LogP contribution in [0.4, 0.5) is 8.78 Å². The van der Waals surface area contributed by atoms with Crippen LogP contribution in [0.1, 0.15) is 31.1 Å². The third kappa shape index (κ3) is 3.02. The van der Waals surface area contributed by atoms with Gasteiger partial charge < -0.3 is 4.74 Å². The number of benzene rings is 1. The fourth-order valence-corrected chi connectivity index (χ4v) is 1.15. The molecule has 88 valence electrons. The molecule has 0 aliphatic rings. The zero-order valence-corrected chi connectivity index (χ0v) is 9.51. The van der Waals surface area contributed by atoms with Crippen molar-refractivity contribution in [2.24, 2.45) is 5.92 Å². The summed E-state index contributed by atoms with van der Waals surface area (Å²) >= 11 is 0. The van der Waals surface area contributed by atoms with Gasteiger partial charge in [-0.3, -0.25) is 4.79 Å². The maximum atomic E-state index is 13.4. The smallest absolute Gasteiger partial charge is 0.190 e. The summed E-state index contributed by atoms with van der Waals surface area (Å²) in [6.07, 6.45) is 0. The fraction of sp³-hybridized carbons (Fsp3) is 0.417. The van der Waals surface area contributed by atoms with Gasteiger partial charge in [-0.25, -0.2) is 8.78 Å². The van der Waals surface area contributed by atoms with Crippen molar-refractivity contribution in [1.29, 1.82) is 0 Å². The van der Waals surface area contributed by atoms with Crippen molar-refractivity contribution in [3.63, 3.8) is 0 Å². The fourth-order valence-electron chi connectivity index (χ4n) is 1.15. The highest BCUT2D eigenvalue weighted by Gasteiger charge is 2.14. The summed E-state index contributed by atoms with van der Waals surface area (Å²) in [7, 11) is 0. The predicted molar refractivity (Wildman–Crippen MR) is 56.7 cm³/mol. The zero-order valence-electron chi connectivity index (χ0n) is 9.51. The third-order valence-corrected chi connectivity index (χ3v) is 1.97. The van der Waals surface area contributed by atoms with Crippen LogP contribution < -0.4 is 4.74 Å². The van der Waals surface area contributed by atoms with E-state index < -0.39 is 17.4 Å². The van der Waals surface area contributed by atoms with Gasteiger partial charge in [0.05, 0.1) is 6.61 Å². The van der Waals surface area contributed by atoms with E-state index in [0.29, 0.717) is 0 Å². The molecule has 1 rings (SSSR count). The van der Waals surface area contributed by atoms with Gasteiger partial charge in [0.15, 0.2) is 23.2 Å². The number of hydrogen-bond acceptors (Lipinski definition) is 2. The first-order valence-electron chi connectivity index (χ1n) is 5.04. The highest BCUT2D eigenvalue weighted by atomic mass is 19.1. The van der Waals surface area contributed by atoms with E-state index in [1.54, 1.807) is 0 Å². The summed E-state index contributed by atoms with van der Waals surface area (Å²) in [4.78, 5) is 11.0. The van der Waals surface area contributed by atoms with Crippen LogP contribution in [0.2, 0.25) is 0 Å². The highest BCUT2D eigenvalue weighted by molar-refractivity contribution is 5.94. The molecule has 4 heteroatoms. The minimum atomic E-state index is -0.842. The van der Waals surface area contributed by atoms with Crippen molar-refractivity contribution in [2.45, 2.75) is 20.8 Å². The molecule has 0 bridgehead atoms. The first-order valence-corrected chi connectivity index (χ1v) is 5.04. The molecule has 0 heterocycles. The Morgan fingerprint density at radius 3 is 2.19 bits per heavy atom. The third-order valence-electron chi connectivity index (χ3n) is 1.97. The molecule has 0 atom stereocenters. The Balaban J connectivity index is 2.98. The molecule has 0 fully saturated rings. The number of carbonyl (C=O) groups is 1. The first kappa shape index (κ1) is 12.6. The minimum absolute atomic E-state index is 0.00639. The van der Waals surface area contributed by atoms with Gasteiger partial charge in [-0.05, 0) is 25.0 Å². The topological polar surface area (TPSA) is 26.3 Å². The molecule has 0 N–H and O–H groups in total. The first-order chi connectivity index (χ1) is 7.41. The van der Waals surface area contributed by atoms with Gasteiger partial charge in [0.2, 0.25) is 0 Å². The monoisotopic (exact) mass is 228 g/mol. The average molecular weight is 228 g/mol. The molecule has 0 saturated heterocycles. The van der Waals surface area contributed by atoms with E-state index in [1.165, 1.54) is 6.92 Å². The lowest BCUT2D eigenvalue weighted by Crippen LogP contribution is -2.08. The molecule has 2 nitrogen and oxygen atoms in total. The predicted octanol–water partition coefficient (Wildman–Crippen LogP) is 3.20. The van der Waals surface area contributed by atoms with Gasteiger partial charge in [0.25, 0.3) is 0 Å². The molecular weight excluding hydrogens is 214 g/mol. The number of halogens is 2. The summed E-state index contributed by atoms with van der Waals surface area (Å²) < 4.78 is 31.8. The van der Waals surface area contributed by atoms with Crippen LogP contribution in [-0.4, -0.2) is 12.4 Å². The molecule has 16 heavy (non-hydrogen) atoms. The van der Waals surface area contributed by atoms with Crippen LogP contribution in [0, 0.1) is 17.6 Å². The lowest BCUT2D eigenvalue weighted by molar-refractivity contribution is 0.101. The van der Waals surface area contributed by atoms with Crippen LogP contribution in [-0.2, 0) is 0 Å². The second-order valence-electron chi connectivity index (χ2n) is 4.03. The standard InChI is InChI=1S/C12H14F2O2/c1-7(2)6-16-12-10(13)4-9(8(3)15)5-11(12)14/h4-5,7H,6H2,1-3H3. The molecule has 0 aromatic heterocycles. The average Bonchev–Trinajstić information content (AvgIpc) is 2.15. The van der Waals surface area contributed by atoms with Crippen molar-refractivity contribution in [2.75, 3.05) is 6.61 Å². The van der Waals surface area contributed by atoms with Gasteiger partial charge in [-0.1, -0.05) is 13.8 Å². The minimum Gasteiger partial charge on any atom is -0.487 e. The number of hydrogen-bond donors (Lipinski definition) is 0. The molecular formula is C12H14F2O2. The molecule has 0 spiro atoms. The summed E-state index contributed by atoms with van der Waals surface area (Å²) in [6, 6.07) is 1.97. The van der Waals surface area contributed by atoms with Crippen LogP contribution in [0.15, 0.2) is 12.1 Å². The zero-order chi connectivity index (χ0) is 12.3. The van der Waals surface area contributed by atoms with Crippen LogP contribution in [0.25, 0.3) is 0 Å². The Hall–Kier alpha value is -1.45. The maximum absolute atomic E-state index is 13.4. The van der Waals surface area contributed by atoms with Gasteiger partial charge >= 0.3 is 0 Å². The van der Waals surface area contributed by atoms with E-state index in [2.05, 4.69) is 0 Å². The van der Waals surface area contributed by atoms with Crippen molar-refractivity contribution in [1.82, 2.24) is 0 Å². The molecule has 1 aromatic carbocycles. The molecule has 0 radical (unpaired) electrons. The summed E-state index contributed by atoms with van der Waals surface area (Å²) in [6.45, 7) is 5.23. The molecule has 0 unspecified atom stereocenters. The Bertz CT molecular complexity index is 377. The van der Waals surface area contributed by atoms with Crippen molar-refractivity contribution in [3.05, 3.63) is 29.3 Å². The highest BCUT2D eigenvalue weighted by Crippen LogP contribution is 2.24. The SMILES string of the molecule is CC(=O)c1cc(F)c(OCC(C)C)c(F)c1. The number of rotatable bonds is 4. The summed E-state index contributed by atoms with van der Waals surface area (Å²) in [5.74, 6) is -2.31. The van der Waals surface area contributed by atoms with Crippen molar-refractivity contribution in [3.8, 4) is 5.75 Å². The van der Waals surface area contributed by atoms with Crippen molar-refractivity contribution < 1.29 is 18.3 Å². The number of carbonyl (C=O) groups excluding carboxylic acids is 1. The van der Waals surface area contributed by atoms with Crippen molar-refractivity contribution >= 4 is 5.78 Å². The summed E-state index contributed by atoms with van der Waals surface area (Å²) in [5.41, 5.74) is 0.00639. The van der Waals surface area contributed by atoms with E-state index in [9.17, 15) is 13.6 Å². The van der Waals surface area contributed by atoms with E-state index in [-0.39, 0.29) is 23.9 Å². The van der Waals surface area contributed by atoms with Gasteiger partial charge in [0, 0.05) is 5.56 Å². The maximum Gasteiger partial charge on any atom is 0.190 e. The van der Waals surface area contributed by atoms with Gasteiger partial charge in [-0.15, -0.1) is 0 Å².